The van der Waals surface area contributed by atoms with Gasteiger partial charge in [0.15, 0.2) is 12.2 Å². The monoisotopic (exact) mass is 307 g/mol. The second kappa shape index (κ2) is 6.92. The van der Waals surface area contributed by atoms with Crippen LogP contribution < -0.4 is 4.74 Å². The van der Waals surface area contributed by atoms with Crippen LogP contribution in [0.25, 0.3) is 11.3 Å². The number of ketones is 1. The van der Waals surface area contributed by atoms with Gasteiger partial charge in [-0.05, 0) is 23.3 Å². The molecule has 3 aromatic rings. The largest absolute Gasteiger partial charge is 0.496 e. The molecule has 0 amide bonds. The molecule has 1 aromatic heterocycles. The minimum Gasteiger partial charge on any atom is -0.496 e. The maximum Gasteiger partial charge on any atom is 0.181 e. The SMILES string of the molecule is COc1cc(CC(=O)Cc2ccccc2)ccc1-c1cnco1. The fourth-order valence-corrected chi connectivity index (χ4v) is 2.51. The second-order valence-electron chi connectivity index (χ2n) is 5.28. The Kier molecular flexibility index (Phi) is 4.52. The molecule has 1 heterocycles. The van der Waals surface area contributed by atoms with Gasteiger partial charge in [-0.15, -0.1) is 0 Å². The van der Waals surface area contributed by atoms with Gasteiger partial charge in [-0.1, -0.05) is 36.4 Å². The van der Waals surface area contributed by atoms with E-state index < -0.39 is 0 Å². The molecule has 0 saturated heterocycles. The van der Waals surface area contributed by atoms with E-state index in [1.54, 1.807) is 13.3 Å². The van der Waals surface area contributed by atoms with E-state index in [0.717, 1.165) is 16.7 Å². The first-order chi connectivity index (χ1) is 11.3. The predicted molar refractivity (Wildman–Crippen MR) is 87.3 cm³/mol. The van der Waals surface area contributed by atoms with Crippen molar-refractivity contribution in [1.82, 2.24) is 4.98 Å². The van der Waals surface area contributed by atoms with Gasteiger partial charge in [-0.3, -0.25) is 4.79 Å². The minimum absolute atomic E-state index is 0.172. The van der Waals surface area contributed by atoms with Crippen molar-refractivity contribution >= 4 is 5.78 Å². The average Bonchev–Trinajstić information content (AvgIpc) is 3.10. The summed E-state index contributed by atoms with van der Waals surface area (Å²) < 4.78 is 10.7. The molecule has 4 nitrogen and oxygen atoms in total. The van der Waals surface area contributed by atoms with E-state index in [9.17, 15) is 4.79 Å². The number of nitrogens with zero attached hydrogens (tertiary/aromatic N) is 1. The Balaban J connectivity index is 1.75. The number of methoxy groups -OCH3 is 1. The number of carbonyl (C=O) groups is 1. The Morgan fingerprint density at radius 3 is 2.57 bits per heavy atom. The van der Waals surface area contributed by atoms with Crippen molar-refractivity contribution in [2.24, 2.45) is 0 Å². The van der Waals surface area contributed by atoms with Crippen LogP contribution in [-0.4, -0.2) is 17.9 Å². The molecular weight excluding hydrogens is 290 g/mol. The molecule has 4 heteroatoms. The Hall–Kier alpha value is -2.88. The number of oxazole rings is 1. The highest BCUT2D eigenvalue weighted by molar-refractivity contribution is 5.83. The van der Waals surface area contributed by atoms with Crippen LogP contribution >= 0.6 is 0 Å². The summed E-state index contributed by atoms with van der Waals surface area (Å²) in [5.74, 6) is 1.49. The third-order valence-corrected chi connectivity index (χ3v) is 3.61. The van der Waals surface area contributed by atoms with Crippen LogP contribution in [0, 0.1) is 0 Å². The van der Waals surface area contributed by atoms with Gasteiger partial charge in [0.1, 0.15) is 11.5 Å². The summed E-state index contributed by atoms with van der Waals surface area (Å²) >= 11 is 0. The van der Waals surface area contributed by atoms with Gasteiger partial charge in [-0.25, -0.2) is 4.98 Å². The highest BCUT2D eigenvalue weighted by Gasteiger charge is 2.12. The number of benzene rings is 2. The molecular formula is C19H17NO3. The van der Waals surface area contributed by atoms with Gasteiger partial charge in [0.05, 0.1) is 18.9 Å². The lowest BCUT2D eigenvalue weighted by Gasteiger charge is -2.09. The Labute approximate surface area is 134 Å². The summed E-state index contributed by atoms with van der Waals surface area (Å²) in [6, 6.07) is 15.4. The molecule has 0 aliphatic heterocycles. The second-order valence-corrected chi connectivity index (χ2v) is 5.28. The molecule has 3 rings (SSSR count). The normalized spacial score (nSPS) is 10.5. The average molecular weight is 307 g/mol. The number of hydrogen-bond acceptors (Lipinski definition) is 4. The van der Waals surface area contributed by atoms with Crippen molar-refractivity contribution in [2.45, 2.75) is 12.8 Å². The van der Waals surface area contributed by atoms with E-state index in [1.807, 2.05) is 48.5 Å². The first-order valence-electron chi connectivity index (χ1n) is 7.37. The van der Waals surface area contributed by atoms with E-state index >= 15 is 0 Å². The van der Waals surface area contributed by atoms with Crippen LogP contribution in [0.2, 0.25) is 0 Å². The number of rotatable bonds is 6. The number of ether oxygens (including phenoxy) is 1. The number of Topliss-reactive ketones (excluding diaryl/α,β-unsaturated/α-hetero) is 1. The molecule has 23 heavy (non-hydrogen) atoms. The fourth-order valence-electron chi connectivity index (χ4n) is 2.51. The number of hydrogen-bond donors (Lipinski definition) is 0. The quantitative estimate of drug-likeness (QED) is 0.696. The van der Waals surface area contributed by atoms with Crippen molar-refractivity contribution in [2.75, 3.05) is 7.11 Å². The van der Waals surface area contributed by atoms with Crippen molar-refractivity contribution < 1.29 is 13.9 Å². The van der Waals surface area contributed by atoms with Gasteiger partial charge in [0.25, 0.3) is 0 Å². The van der Waals surface area contributed by atoms with E-state index in [0.29, 0.717) is 24.4 Å². The molecule has 2 aromatic carbocycles. The summed E-state index contributed by atoms with van der Waals surface area (Å²) in [5, 5.41) is 0. The Bertz CT molecular complexity index is 780. The number of carbonyl (C=O) groups excluding carboxylic acids is 1. The summed E-state index contributed by atoms with van der Waals surface area (Å²) in [4.78, 5) is 16.1. The maximum absolute atomic E-state index is 12.2. The molecule has 0 spiro atoms. The summed E-state index contributed by atoms with van der Waals surface area (Å²) in [7, 11) is 1.60. The van der Waals surface area contributed by atoms with Crippen molar-refractivity contribution in [3.05, 3.63) is 72.2 Å². The molecule has 0 radical (unpaired) electrons. The van der Waals surface area contributed by atoms with Gasteiger partial charge in [-0.2, -0.15) is 0 Å². The van der Waals surface area contributed by atoms with Crippen LogP contribution in [0.4, 0.5) is 0 Å². The molecule has 0 aliphatic carbocycles. The topological polar surface area (TPSA) is 52.3 Å². The lowest BCUT2D eigenvalue weighted by atomic mass is 10.0. The van der Waals surface area contributed by atoms with E-state index in [1.165, 1.54) is 6.39 Å². The lowest BCUT2D eigenvalue weighted by molar-refractivity contribution is -0.117. The van der Waals surface area contributed by atoms with Crippen molar-refractivity contribution in [3.8, 4) is 17.1 Å². The van der Waals surface area contributed by atoms with Crippen LogP contribution in [0.1, 0.15) is 11.1 Å². The van der Waals surface area contributed by atoms with Gasteiger partial charge < -0.3 is 9.15 Å². The molecule has 0 N–H and O–H groups in total. The van der Waals surface area contributed by atoms with Crippen LogP contribution in [0.3, 0.4) is 0 Å². The molecule has 0 bridgehead atoms. The molecule has 0 fully saturated rings. The van der Waals surface area contributed by atoms with Gasteiger partial charge in [0.2, 0.25) is 0 Å². The third-order valence-electron chi connectivity index (χ3n) is 3.61. The zero-order chi connectivity index (χ0) is 16.1. The first kappa shape index (κ1) is 15.0. The first-order valence-corrected chi connectivity index (χ1v) is 7.37. The molecule has 0 aliphatic rings. The lowest BCUT2D eigenvalue weighted by Crippen LogP contribution is -2.06. The highest BCUT2D eigenvalue weighted by atomic mass is 16.5. The Morgan fingerprint density at radius 2 is 1.87 bits per heavy atom. The van der Waals surface area contributed by atoms with Gasteiger partial charge >= 0.3 is 0 Å². The van der Waals surface area contributed by atoms with Crippen LogP contribution in [0.5, 0.6) is 5.75 Å². The summed E-state index contributed by atoms with van der Waals surface area (Å²) in [6.45, 7) is 0. The highest BCUT2D eigenvalue weighted by Crippen LogP contribution is 2.30. The standard InChI is InChI=1S/C19H17NO3/c1-22-18-11-15(7-8-17(18)19-12-20-13-23-19)10-16(21)9-14-5-3-2-4-6-14/h2-8,11-13H,9-10H2,1H3. The van der Waals surface area contributed by atoms with Crippen molar-refractivity contribution in [3.63, 3.8) is 0 Å². The van der Waals surface area contributed by atoms with Crippen LogP contribution in [0.15, 0.2) is 65.5 Å². The Morgan fingerprint density at radius 1 is 1.09 bits per heavy atom. The molecule has 116 valence electrons. The van der Waals surface area contributed by atoms with E-state index in [-0.39, 0.29) is 5.78 Å². The zero-order valence-corrected chi connectivity index (χ0v) is 12.9. The van der Waals surface area contributed by atoms with E-state index in [2.05, 4.69) is 4.98 Å². The maximum atomic E-state index is 12.2. The summed E-state index contributed by atoms with van der Waals surface area (Å²) in [5.41, 5.74) is 2.78. The van der Waals surface area contributed by atoms with Crippen molar-refractivity contribution in [1.29, 1.82) is 0 Å². The molecule has 0 saturated carbocycles. The minimum atomic E-state index is 0.172. The van der Waals surface area contributed by atoms with Gasteiger partial charge in [0, 0.05) is 12.8 Å². The fraction of sp³-hybridized carbons (Fsp3) is 0.158. The van der Waals surface area contributed by atoms with E-state index in [4.69, 9.17) is 9.15 Å². The predicted octanol–water partition coefficient (Wildman–Crippen LogP) is 3.70. The smallest absolute Gasteiger partial charge is 0.181 e. The molecule has 0 unspecified atom stereocenters. The summed E-state index contributed by atoms with van der Waals surface area (Å²) in [6.07, 6.45) is 3.83. The third kappa shape index (κ3) is 3.66. The number of aromatic nitrogens is 1. The van der Waals surface area contributed by atoms with Crippen LogP contribution in [-0.2, 0) is 17.6 Å². The zero-order valence-electron chi connectivity index (χ0n) is 12.9. The molecule has 0 atom stereocenters.